The molecule has 0 N–H and O–H groups in total. The lowest BCUT2D eigenvalue weighted by Gasteiger charge is -2.12. The normalized spacial score (nSPS) is 13.4. The molecular formula is C10H18O10S2. The standard InChI is InChI=1S/C10H18O10S2/c1-8(22(15,16)20-7-10(12)18-3)4-5-21(13,14)19-6-9(11)17-2/h8H,4-7H2,1-3H3. The summed E-state index contributed by atoms with van der Waals surface area (Å²) in [4.78, 5) is 21.6. The van der Waals surface area contributed by atoms with Gasteiger partial charge in [-0.05, 0) is 13.3 Å². The molecule has 0 amide bonds. The van der Waals surface area contributed by atoms with Gasteiger partial charge in [0.1, 0.15) is 0 Å². The second-order valence-electron chi connectivity index (χ2n) is 4.03. The van der Waals surface area contributed by atoms with Crippen LogP contribution in [-0.2, 0) is 47.7 Å². The van der Waals surface area contributed by atoms with Gasteiger partial charge in [0.15, 0.2) is 13.2 Å². The molecule has 0 aliphatic rings. The van der Waals surface area contributed by atoms with E-state index in [4.69, 9.17) is 0 Å². The average Bonchev–Trinajstić information content (AvgIpc) is 2.47. The number of carbonyl (C=O) groups is 2. The van der Waals surface area contributed by atoms with Crippen LogP contribution in [0.4, 0.5) is 0 Å². The highest BCUT2D eigenvalue weighted by Gasteiger charge is 2.26. The van der Waals surface area contributed by atoms with E-state index in [0.717, 1.165) is 14.2 Å². The van der Waals surface area contributed by atoms with Crippen LogP contribution in [0.15, 0.2) is 0 Å². The molecule has 0 aromatic heterocycles. The van der Waals surface area contributed by atoms with Crippen molar-refractivity contribution in [2.24, 2.45) is 0 Å². The van der Waals surface area contributed by atoms with Gasteiger partial charge in [-0.3, -0.25) is 8.37 Å². The predicted octanol–water partition coefficient (Wildman–Crippen LogP) is -1.20. The number of carbonyl (C=O) groups excluding carboxylic acids is 2. The van der Waals surface area contributed by atoms with Crippen LogP contribution in [0.3, 0.4) is 0 Å². The third-order valence-electron chi connectivity index (χ3n) is 2.42. The quantitative estimate of drug-likeness (QED) is 0.344. The van der Waals surface area contributed by atoms with Gasteiger partial charge in [-0.15, -0.1) is 0 Å². The summed E-state index contributed by atoms with van der Waals surface area (Å²) in [6.45, 7) is -0.379. The van der Waals surface area contributed by atoms with E-state index >= 15 is 0 Å². The lowest BCUT2D eigenvalue weighted by atomic mass is 10.4. The summed E-state index contributed by atoms with van der Waals surface area (Å²) in [5, 5.41) is -1.20. The zero-order valence-electron chi connectivity index (χ0n) is 12.3. The highest BCUT2D eigenvalue weighted by atomic mass is 32.2. The van der Waals surface area contributed by atoms with Gasteiger partial charge >= 0.3 is 11.9 Å². The highest BCUT2D eigenvalue weighted by molar-refractivity contribution is 7.88. The summed E-state index contributed by atoms with van der Waals surface area (Å²) >= 11 is 0. The number of hydrogen-bond acceptors (Lipinski definition) is 10. The maximum Gasteiger partial charge on any atom is 0.333 e. The monoisotopic (exact) mass is 362 g/mol. The van der Waals surface area contributed by atoms with Crippen LogP contribution in [0, 0.1) is 0 Å². The Morgan fingerprint density at radius 2 is 1.36 bits per heavy atom. The molecule has 0 radical (unpaired) electrons. The fourth-order valence-corrected chi connectivity index (χ4v) is 3.10. The van der Waals surface area contributed by atoms with Gasteiger partial charge in [0.05, 0.1) is 25.2 Å². The van der Waals surface area contributed by atoms with Crippen LogP contribution in [0.2, 0.25) is 0 Å². The first-order valence-corrected chi connectivity index (χ1v) is 8.98. The lowest BCUT2D eigenvalue weighted by Crippen LogP contribution is -2.27. The summed E-state index contributed by atoms with van der Waals surface area (Å²) < 4.78 is 63.4. The van der Waals surface area contributed by atoms with E-state index in [0.29, 0.717) is 0 Å². The van der Waals surface area contributed by atoms with Gasteiger partial charge in [-0.25, -0.2) is 9.59 Å². The minimum atomic E-state index is -4.14. The molecule has 0 rings (SSSR count). The Balaban J connectivity index is 4.44. The molecule has 22 heavy (non-hydrogen) atoms. The number of esters is 2. The van der Waals surface area contributed by atoms with Crippen LogP contribution in [0.25, 0.3) is 0 Å². The highest BCUT2D eigenvalue weighted by Crippen LogP contribution is 2.10. The second-order valence-corrected chi connectivity index (χ2v) is 7.82. The molecule has 0 aliphatic heterocycles. The van der Waals surface area contributed by atoms with Crippen LogP contribution in [0.5, 0.6) is 0 Å². The Kier molecular flexibility index (Phi) is 8.52. The second kappa shape index (κ2) is 9.02. The molecule has 0 heterocycles. The molecule has 0 fully saturated rings. The van der Waals surface area contributed by atoms with E-state index in [2.05, 4.69) is 17.8 Å². The van der Waals surface area contributed by atoms with Gasteiger partial charge < -0.3 is 9.47 Å². The molecule has 1 unspecified atom stereocenters. The van der Waals surface area contributed by atoms with Crippen molar-refractivity contribution in [3.63, 3.8) is 0 Å². The smallest absolute Gasteiger partial charge is 0.333 e. The molecule has 1 atom stereocenters. The van der Waals surface area contributed by atoms with Crippen molar-refractivity contribution >= 4 is 32.2 Å². The van der Waals surface area contributed by atoms with E-state index in [-0.39, 0.29) is 6.42 Å². The third kappa shape index (κ3) is 8.26. The molecule has 130 valence electrons. The molecule has 0 saturated carbocycles. The topological polar surface area (TPSA) is 139 Å². The largest absolute Gasteiger partial charge is 0.467 e. The Morgan fingerprint density at radius 3 is 1.82 bits per heavy atom. The molecule has 0 bridgehead atoms. The molecule has 12 heteroatoms. The number of ether oxygens (including phenoxy) is 2. The summed E-state index contributed by atoms with van der Waals surface area (Å²) in [5.74, 6) is -2.41. The average molecular weight is 362 g/mol. The van der Waals surface area contributed by atoms with Crippen molar-refractivity contribution < 1.29 is 44.3 Å². The maximum absolute atomic E-state index is 11.6. The third-order valence-corrected chi connectivity index (χ3v) is 5.30. The molecule has 0 saturated heterocycles. The van der Waals surface area contributed by atoms with Gasteiger partial charge in [-0.2, -0.15) is 16.8 Å². The molecule has 0 aliphatic carbocycles. The fraction of sp³-hybridized carbons (Fsp3) is 0.800. The molecule has 0 aromatic carbocycles. The number of methoxy groups -OCH3 is 2. The fourth-order valence-electron chi connectivity index (χ4n) is 1.02. The maximum atomic E-state index is 11.6. The van der Waals surface area contributed by atoms with Gasteiger partial charge in [0.2, 0.25) is 0 Å². The Bertz CT molecular complexity index is 577. The van der Waals surface area contributed by atoms with E-state index in [1.807, 2.05) is 0 Å². The summed E-state index contributed by atoms with van der Waals surface area (Å²) in [5.41, 5.74) is 0. The van der Waals surface area contributed by atoms with Crippen molar-refractivity contribution in [1.82, 2.24) is 0 Å². The SMILES string of the molecule is COC(=O)COS(=O)(=O)CCC(C)S(=O)(=O)OCC(=O)OC. The van der Waals surface area contributed by atoms with E-state index in [1.165, 1.54) is 6.92 Å². The first-order valence-electron chi connectivity index (χ1n) is 5.93. The summed E-state index contributed by atoms with van der Waals surface area (Å²) in [6.07, 6.45) is -0.340. The summed E-state index contributed by atoms with van der Waals surface area (Å²) in [6, 6.07) is 0. The predicted molar refractivity (Wildman–Crippen MR) is 72.7 cm³/mol. The van der Waals surface area contributed by atoms with E-state index in [9.17, 15) is 26.4 Å². The van der Waals surface area contributed by atoms with Crippen molar-refractivity contribution in [2.75, 3.05) is 33.2 Å². The molecule has 0 aromatic rings. The van der Waals surface area contributed by atoms with Crippen LogP contribution >= 0.6 is 0 Å². The number of hydrogen-bond donors (Lipinski definition) is 0. The van der Waals surface area contributed by atoms with Crippen molar-refractivity contribution in [3.05, 3.63) is 0 Å². The minimum Gasteiger partial charge on any atom is -0.467 e. The molecular weight excluding hydrogens is 344 g/mol. The van der Waals surface area contributed by atoms with E-state index < -0.39 is 56.4 Å². The van der Waals surface area contributed by atoms with Gasteiger partial charge in [0, 0.05) is 0 Å². The Labute approximate surface area is 128 Å². The Hall–Kier alpha value is -1.24. The van der Waals surface area contributed by atoms with E-state index in [1.54, 1.807) is 0 Å². The molecule has 10 nitrogen and oxygen atoms in total. The van der Waals surface area contributed by atoms with Crippen LogP contribution in [-0.4, -0.2) is 67.2 Å². The first-order chi connectivity index (χ1) is 10.0. The van der Waals surface area contributed by atoms with Crippen LogP contribution < -0.4 is 0 Å². The minimum absolute atomic E-state index is 0.340. The van der Waals surface area contributed by atoms with Crippen molar-refractivity contribution in [3.8, 4) is 0 Å². The van der Waals surface area contributed by atoms with Crippen molar-refractivity contribution in [1.29, 1.82) is 0 Å². The zero-order chi connectivity index (χ0) is 17.4. The lowest BCUT2D eigenvalue weighted by molar-refractivity contribution is -0.143. The van der Waals surface area contributed by atoms with Gasteiger partial charge in [-0.1, -0.05) is 0 Å². The first kappa shape index (κ1) is 20.8. The molecule has 0 spiro atoms. The number of rotatable bonds is 10. The van der Waals surface area contributed by atoms with Crippen molar-refractivity contribution in [2.45, 2.75) is 18.6 Å². The van der Waals surface area contributed by atoms with Gasteiger partial charge in [0.25, 0.3) is 20.2 Å². The van der Waals surface area contributed by atoms with Crippen LogP contribution in [0.1, 0.15) is 13.3 Å². The zero-order valence-corrected chi connectivity index (χ0v) is 13.9. The Morgan fingerprint density at radius 1 is 0.909 bits per heavy atom. The summed E-state index contributed by atoms with van der Waals surface area (Å²) in [7, 11) is -6.10.